The summed E-state index contributed by atoms with van der Waals surface area (Å²) in [5.74, 6) is 0. The molecule has 0 atom stereocenters. The minimum atomic E-state index is -0.781. The average Bonchev–Trinajstić information content (AvgIpc) is 1.77. The fourth-order valence-corrected chi connectivity index (χ4v) is 1.26. The predicted molar refractivity (Wildman–Crippen MR) is 49.2 cm³/mol. The molecular formula is C7H15N2OP. The van der Waals surface area contributed by atoms with E-state index < -0.39 is 5.60 Å². The van der Waals surface area contributed by atoms with E-state index in [0.29, 0.717) is 0 Å². The molecule has 1 saturated heterocycles. The molecule has 0 unspecified atom stereocenters. The molecule has 0 aromatic heterocycles. The Hall–Kier alpha value is 0.0500. The lowest BCUT2D eigenvalue weighted by Crippen LogP contribution is -2.61. The average molecular weight is 174 g/mol. The molecule has 0 aliphatic carbocycles. The van der Waals surface area contributed by atoms with Crippen LogP contribution < -0.4 is 5.73 Å². The third kappa shape index (κ3) is 2.00. The van der Waals surface area contributed by atoms with Crippen LogP contribution in [0.3, 0.4) is 0 Å². The molecule has 3 nitrogen and oxygen atoms in total. The van der Waals surface area contributed by atoms with Gasteiger partial charge in [0.15, 0.2) is 0 Å². The summed E-state index contributed by atoms with van der Waals surface area (Å²) in [4.78, 5) is 2.03. The summed E-state index contributed by atoms with van der Waals surface area (Å²) < 4.78 is 0. The second-order valence-corrected chi connectivity index (χ2v) is 4.05. The van der Waals surface area contributed by atoms with Crippen LogP contribution in [-0.2, 0) is 0 Å². The molecule has 64 valence electrons. The predicted octanol–water partition coefficient (Wildman–Crippen LogP) is -0.327. The molecule has 4 heteroatoms. The number of nitrogens with zero attached hydrogens (tertiary/aromatic N) is 1. The van der Waals surface area contributed by atoms with Crippen molar-refractivity contribution >= 4 is 14.3 Å². The van der Waals surface area contributed by atoms with Crippen molar-refractivity contribution in [2.75, 3.05) is 13.1 Å². The van der Waals surface area contributed by atoms with Gasteiger partial charge in [-0.15, -0.1) is 8.86 Å². The molecule has 0 amide bonds. The van der Waals surface area contributed by atoms with E-state index in [0.717, 1.165) is 18.5 Å². The SMILES string of the molecule is CC(C)(O)C(=P)N1CC(N)C1. The van der Waals surface area contributed by atoms with Gasteiger partial charge < -0.3 is 10.8 Å². The Morgan fingerprint density at radius 1 is 1.64 bits per heavy atom. The molecule has 3 N–H and O–H groups in total. The lowest BCUT2D eigenvalue weighted by Gasteiger charge is -2.41. The van der Waals surface area contributed by atoms with Crippen molar-refractivity contribution in [2.45, 2.75) is 25.5 Å². The summed E-state index contributed by atoms with van der Waals surface area (Å²) in [5, 5.41) is 9.54. The second kappa shape index (κ2) is 2.83. The molecule has 1 rings (SSSR count). The maximum atomic E-state index is 9.54. The first-order valence-electron chi connectivity index (χ1n) is 3.73. The van der Waals surface area contributed by atoms with E-state index in [-0.39, 0.29) is 6.04 Å². The molecule has 1 aliphatic heterocycles. The number of aliphatic hydroxyl groups is 1. The van der Waals surface area contributed by atoms with E-state index in [1.807, 2.05) is 4.90 Å². The molecule has 1 heterocycles. The Balaban J connectivity index is 2.45. The summed E-state index contributed by atoms with van der Waals surface area (Å²) in [6, 6.07) is 0.267. The molecule has 0 radical (unpaired) electrons. The largest absolute Gasteiger partial charge is 0.384 e. The fraction of sp³-hybridized carbons (Fsp3) is 0.857. The highest BCUT2D eigenvalue weighted by atomic mass is 31.0. The van der Waals surface area contributed by atoms with E-state index in [1.54, 1.807) is 13.8 Å². The van der Waals surface area contributed by atoms with Gasteiger partial charge in [-0.25, -0.2) is 0 Å². The van der Waals surface area contributed by atoms with E-state index in [2.05, 4.69) is 8.86 Å². The van der Waals surface area contributed by atoms with Crippen LogP contribution in [0.5, 0.6) is 0 Å². The Kier molecular flexibility index (Phi) is 2.35. The quantitative estimate of drug-likeness (QED) is 0.564. The highest BCUT2D eigenvalue weighted by molar-refractivity contribution is 7.21. The van der Waals surface area contributed by atoms with Crippen LogP contribution in [0.2, 0.25) is 0 Å². The molecule has 11 heavy (non-hydrogen) atoms. The van der Waals surface area contributed by atoms with Crippen molar-refractivity contribution in [3.8, 4) is 0 Å². The molecular weight excluding hydrogens is 159 g/mol. The van der Waals surface area contributed by atoms with Gasteiger partial charge in [-0.05, 0) is 13.8 Å². The number of likely N-dealkylation sites (tertiary alicyclic amines) is 1. The smallest absolute Gasteiger partial charge is 0.0976 e. The number of rotatable bonds is 2. The van der Waals surface area contributed by atoms with Crippen LogP contribution in [0.25, 0.3) is 0 Å². The third-order valence-electron chi connectivity index (χ3n) is 1.81. The number of nitrogens with two attached hydrogens (primary N) is 1. The maximum absolute atomic E-state index is 9.54. The first kappa shape index (κ1) is 9.14. The molecule has 0 spiro atoms. The first-order valence-corrected chi connectivity index (χ1v) is 4.23. The van der Waals surface area contributed by atoms with Crippen LogP contribution in [0.4, 0.5) is 0 Å². The summed E-state index contributed by atoms with van der Waals surface area (Å²) in [5.41, 5.74) is 5.63. The van der Waals surface area contributed by atoms with Gasteiger partial charge >= 0.3 is 0 Å². The molecule has 0 aromatic rings. The van der Waals surface area contributed by atoms with Gasteiger partial charge in [0.1, 0.15) is 0 Å². The summed E-state index contributed by atoms with van der Waals surface area (Å²) >= 11 is 0. The van der Waals surface area contributed by atoms with Crippen LogP contribution in [0.15, 0.2) is 0 Å². The highest BCUT2D eigenvalue weighted by Gasteiger charge is 2.31. The summed E-state index contributed by atoms with van der Waals surface area (Å²) in [6.45, 7) is 5.17. The zero-order chi connectivity index (χ0) is 8.65. The lowest BCUT2D eigenvalue weighted by atomic mass is 10.0. The maximum Gasteiger partial charge on any atom is 0.0976 e. The van der Waals surface area contributed by atoms with Gasteiger partial charge in [0.05, 0.1) is 5.60 Å². The molecule has 1 fully saturated rings. The summed E-state index contributed by atoms with van der Waals surface area (Å²) in [7, 11) is 3.39. The Bertz CT molecular complexity index is 170. The topological polar surface area (TPSA) is 49.5 Å². The van der Waals surface area contributed by atoms with E-state index in [9.17, 15) is 5.11 Å². The first-order chi connectivity index (χ1) is 4.91. The highest BCUT2D eigenvalue weighted by Crippen LogP contribution is 2.16. The van der Waals surface area contributed by atoms with Crippen molar-refractivity contribution in [2.24, 2.45) is 5.73 Å². The van der Waals surface area contributed by atoms with Gasteiger partial charge in [0.25, 0.3) is 0 Å². The van der Waals surface area contributed by atoms with E-state index >= 15 is 0 Å². The molecule has 0 saturated carbocycles. The normalized spacial score (nSPS) is 21.5. The zero-order valence-corrected chi connectivity index (χ0v) is 7.96. The number of hydrogen-bond donors (Lipinski definition) is 2. The fourth-order valence-electron chi connectivity index (χ4n) is 1.08. The van der Waals surface area contributed by atoms with Gasteiger partial charge in [0, 0.05) is 24.5 Å². The minimum Gasteiger partial charge on any atom is -0.384 e. The van der Waals surface area contributed by atoms with Crippen molar-refractivity contribution < 1.29 is 5.11 Å². The monoisotopic (exact) mass is 174 g/mol. The zero-order valence-electron chi connectivity index (χ0n) is 6.96. The number of hydrogen-bond acceptors (Lipinski definition) is 2. The Labute approximate surface area is 69.4 Å². The van der Waals surface area contributed by atoms with Gasteiger partial charge in [-0.1, -0.05) is 0 Å². The molecule has 0 aromatic carbocycles. The summed E-state index contributed by atoms with van der Waals surface area (Å²) in [6.07, 6.45) is 0. The molecule has 0 bridgehead atoms. The third-order valence-corrected chi connectivity index (χ3v) is 2.73. The van der Waals surface area contributed by atoms with Gasteiger partial charge in [-0.3, -0.25) is 4.90 Å². The van der Waals surface area contributed by atoms with Gasteiger partial charge in [-0.2, -0.15) is 0 Å². The standard InChI is InChI=1S/C7H15N2OP/c1-7(2,10)6(11)9-3-5(8)4-9/h5,10-11H,3-4,8H2,1-2H3. The van der Waals surface area contributed by atoms with Crippen molar-refractivity contribution in [1.82, 2.24) is 4.90 Å². The lowest BCUT2D eigenvalue weighted by molar-refractivity contribution is 0.124. The van der Waals surface area contributed by atoms with Crippen molar-refractivity contribution in [1.29, 1.82) is 0 Å². The minimum absolute atomic E-state index is 0.267. The van der Waals surface area contributed by atoms with Gasteiger partial charge in [0.2, 0.25) is 0 Å². The van der Waals surface area contributed by atoms with Crippen LogP contribution >= 0.6 is 8.86 Å². The van der Waals surface area contributed by atoms with Crippen LogP contribution in [-0.4, -0.2) is 40.2 Å². The van der Waals surface area contributed by atoms with E-state index in [4.69, 9.17) is 5.73 Å². The van der Waals surface area contributed by atoms with Crippen molar-refractivity contribution in [3.05, 3.63) is 0 Å². The Morgan fingerprint density at radius 3 is 2.36 bits per heavy atom. The Morgan fingerprint density at radius 2 is 2.09 bits per heavy atom. The van der Waals surface area contributed by atoms with E-state index in [1.165, 1.54) is 0 Å². The second-order valence-electron chi connectivity index (χ2n) is 3.57. The molecule has 1 aliphatic rings. The van der Waals surface area contributed by atoms with Crippen LogP contribution in [0, 0.1) is 0 Å². The van der Waals surface area contributed by atoms with Crippen molar-refractivity contribution in [3.63, 3.8) is 0 Å². The van der Waals surface area contributed by atoms with Crippen LogP contribution in [0.1, 0.15) is 13.8 Å².